The third-order valence-corrected chi connectivity index (χ3v) is 4.39. The summed E-state index contributed by atoms with van der Waals surface area (Å²) in [5, 5.41) is 10.0. The van der Waals surface area contributed by atoms with Gasteiger partial charge in [-0.15, -0.1) is 0 Å². The fourth-order valence-corrected chi connectivity index (χ4v) is 3.16. The summed E-state index contributed by atoms with van der Waals surface area (Å²) in [6.45, 7) is 10.7. The minimum atomic E-state index is -0.546. The average molecular weight is 302 g/mol. The molecule has 1 N–H and O–H groups in total. The molecule has 122 valence electrons. The van der Waals surface area contributed by atoms with E-state index >= 15 is 0 Å². The van der Waals surface area contributed by atoms with Crippen molar-refractivity contribution in [1.82, 2.24) is 0 Å². The van der Waals surface area contributed by atoms with Crippen molar-refractivity contribution in [3.8, 4) is 0 Å². The summed E-state index contributed by atoms with van der Waals surface area (Å²) in [6.07, 6.45) is 12.0. The standard InChI is InChI=1S/C20H30O2/c1-15(13-18(22)14-16(2)10-12-21)8-9-19-17(3)7-6-11-20(19,4)5/h8-10,12-13,18,22H,6-7,11,14H2,1-5H3. The number of aliphatic hydroxyl groups is 1. The predicted octanol–water partition coefficient (Wildman–Crippen LogP) is 4.91. The molecule has 1 unspecified atom stereocenters. The molecule has 1 aliphatic carbocycles. The second-order valence-corrected chi connectivity index (χ2v) is 7.10. The minimum absolute atomic E-state index is 0.237. The molecule has 22 heavy (non-hydrogen) atoms. The van der Waals surface area contributed by atoms with Crippen molar-refractivity contribution in [3.05, 3.63) is 46.6 Å². The maximum atomic E-state index is 10.4. The van der Waals surface area contributed by atoms with E-state index in [9.17, 15) is 9.90 Å². The maximum Gasteiger partial charge on any atom is 0.142 e. The first-order chi connectivity index (χ1) is 10.3. The van der Waals surface area contributed by atoms with Crippen LogP contribution < -0.4 is 0 Å². The van der Waals surface area contributed by atoms with E-state index in [4.69, 9.17) is 0 Å². The van der Waals surface area contributed by atoms with Crippen LogP contribution in [0.15, 0.2) is 46.6 Å². The molecule has 0 fully saturated rings. The fourth-order valence-electron chi connectivity index (χ4n) is 3.16. The fraction of sp³-hybridized carbons (Fsp3) is 0.550. The van der Waals surface area contributed by atoms with E-state index in [-0.39, 0.29) is 5.41 Å². The molecule has 0 aromatic carbocycles. The number of aliphatic hydroxyl groups excluding tert-OH is 1. The van der Waals surface area contributed by atoms with Gasteiger partial charge in [-0.3, -0.25) is 4.79 Å². The molecule has 0 amide bonds. The molecule has 1 aliphatic rings. The van der Waals surface area contributed by atoms with Crippen LogP contribution in [0.25, 0.3) is 0 Å². The zero-order valence-corrected chi connectivity index (χ0v) is 14.6. The molecule has 0 saturated carbocycles. The van der Waals surface area contributed by atoms with Gasteiger partial charge in [0.25, 0.3) is 0 Å². The smallest absolute Gasteiger partial charge is 0.142 e. The van der Waals surface area contributed by atoms with Gasteiger partial charge in [-0.25, -0.2) is 0 Å². The van der Waals surface area contributed by atoms with Crippen molar-refractivity contribution in [1.29, 1.82) is 0 Å². The van der Waals surface area contributed by atoms with Gasteiger partial charge < -0.3 is 5.11 Å². The van der Waals surface area contributed by atoms with E-state index < -0.39 is 6.10 Å². The van der Waals surface area contributed by atoms with Gasteiger partial charge in [0.1, 0.15) is 6.29 Å². The number of hydrogen-bond acceptors (Lipinski definition) is 2. The van der Waals surface area contributed by atoms with Crippen LogP contribution in [0, 0.1) is 5.41 Å². The number of carbonyl (C=O) groups excluding carboxylic acids is 1. The molecular formula is C20H30O2. The molecule has 0 bridgehead atoms. The number of allylic oxidation sites excluding steroid dienone is 6. The Morgan fingerprint density at radius 1 is 1.36 bits per heavy atom. The minimum Gasteiger partial charge on any atom is -0.389 e. The zero-order chi connectivity index (χ0) is 16.8. The maximum absolute atomic E-state index is 10.4. The molecule has 0 saturated heterocycles. The summed E-state index contributed by atoms with van der Waals surface area (Å²) in [7, 11) is 0. The third kappa shape index (κ3) is 5.76. The molecule has 1 rings (SSSR count). The van der Waals surface area contributed by atoms with Gasteiger partial charge in [-0.2, -0.15) is 0 Å². The van der Waals surface area contributed by atoms with Crippen LogP contribution in [-0.4, -0.2) is 17.5 Å². The second kappa shape index (κ2) is 8.28. The molecule has 2 heteroatoms. The Morgan fingerprint density at radius 3 is 2.64 bits per heavy atom. The lowest BCUT2D eigenvalue weighted by Gasteiger charge is -2.33. The number of rotatable bonds is 6. The molecule has 0 heterocycles. The Morgan fingerprint density at radius 2 is 2.05 bits per heavy atom. The summed E-state index contributed by atoms with van der Waals surface area (Å²) in [6, 6.07) is 0. The summed E-state index contributed by atoms with van der Waals surface area (Å²) in [5.74, 6) is 0. The van der Waals surface area contributed by atoms with Crippen molar-refractivity contribution < 1.29 is 9.90 Å². The second-order valence-electron chi connectivity index (χ2n) is 7.10. The SMILES string of the molecule is CC(C=CC1=C(C)CCCC1(C)C)=CC(O)CC(C)=CC=O. The molecule has 0 radical (unpaired) electrons. The van der Waals surface area contributed by atoms with Crippen LogP contribution >= 0.6 is 0 Å². The van der Waals surface area contributed by atoms with Gasteiger partial charge in [0.15, 0.2) is 0 Å². The van der Waals surface area contributed by atoms with Gasteiger partial charge in [0, 0.05) is 0 Å². The van der Waals surface area contributed by atoms with Crippen LogP contribution in [0.2, 0.25) is 0 Å². The number of carbonyl (C=O) groups is 1. The van der Waals surface area contributed by atoms with E-state index in [1.807, 2.05) is 19.9 Å². The lowest BCUT2D eigenvalue weighted by Crippen LogP contribution is -2.19. The Bertz CT molecular complexity index is 516. The average Bonchev–Trinajstić information content (AvgIpc) is 2.37. The van der Waals surface area contributed by atoms with E-state index in [0.29, 0.717) is 6.42 Å². The van der Waals surface area contributed by atoms with Crippen molar-refractivity contribution in [2.75, 3.05) is 0 Å². The molecule has 0 aromatic heterocycles. The van der Waals surface area contributed by atoms with Crippen LogP contribution in [-0.2, 0) is 4.79 Å². The predicted molar refractivity (Wildman–Crippen MR) is 93.7 cm³/mol. The third-order valence-electron chi connectivity index (χ3n) is 4.39. The Hall–Kier alpha value is -1.41. The van der Waals surface area contributed by atoms with Crippen LogP contribution in [0.5, 0.6) is 0 Å². The summed E-state index contributed by atoms with van der Waals surface area (Å²) in [5.41, 5.74) is 5.08. The van der Waals surface area contributed by atoms with Crippen molar-refractivity contribution in [2.45, 2.75) is 66.4 Å². The summed E-state index contributed by atoms with van der Waals surface area (Å²) < 4.78 is 0. The van der Waals surface area contributed by atoms with Gasteiger partial charge in [-0.1, -0.05) is 48.8 Å². The van der Waals surface area contributed by atoms with Crippen molar-refractivity contribution >= 4 is 6.29 Å². The highest BCUT2D eigenvalue weighted by Crippen LogP contribution is 2.40. The molecule has 0 spiro atoms. The van der Waals surface area contributed by atoms with E-state index in [2.05, 4.69) is 32.9 Å². The lowest BCUT2D eigenvalue weighted by atomic mass is 9.72. The number of aldehydes is 1. The van der Waals surface area contributed by atoms with Gasteiger partial charge >= 0.3 is 0 Å². The zero-order valence-electron chi connectivity index (χ0n) is 14.6. The summed E-state index contributed by atoms with van der Waals surface area (Å²) in [4.78, 5) is 10.4. The molecule has 0 aliphatic heterocycles. The monoisotopic (exact) mass is 302 g/mol. The van der Waals surface area contributed by atoms with Crippen molar-refractivity contribution in [2.24, 2.45) is 5.41 Å². The van der Waals surface area contributed by atoms with Crippen molar-refractivity contribution in [3.63, 3.8) is 0 Å². The normalized spacial score (nSPS) is 21.4. The lowest BCUT2D eigenvalue weighted by molar-refractivity contribution is -0.104. The first kappa shape index (κ1) is 18.6. The van der Waals surface area contributed by atoms with E-state index in [0.717, 1.165) is 17.4 Å². The Kier molecular flexibility index (Phi) is 7.02. The Labute approximate surface area is 135 Å². The van der Waals surface area contributed by atoms with Crippen LogP contribution in [0.3, 0.4) is 0 Å². The molecule has 1 atom stereocenters. The number of hydrogen-bond donors (Lipinski definition) is 1. The quantitative estimate of drug-likeness (QED) is 0.430. The first-order valence-corrected chi connectivity index (χ1v) is 8.12. The van der Waals surface area contributed by atoms with E-state index in [1.165, 1.54) is 36.5 Å². The first-order valence-electron chi connectivity index (χ1n) is 8.12. The highest BCUT2D eigenvalue weighted by Gasteiger charge is 2.26. The summed E-state index contributed by atoms with van der Waals surface area (Å²) >= 11 is 0. The topological polar surface area (TPSA) is 37.3 Å². The molecule has 2 nitrogen and oxygen atoms in total. The van der Waals surface area contributed by atoms with Crippen LogP contribution in [0.1, 0.15) is 60.3 Å². The molecule has 0 aromatic rings. The highest BCUT2D eigenvalue weighted by atomic mass is 16.3. The van der Waals surface area contributed by atoms with Gasteiger partial charge in [0.05, 0.1) is 6.10 Å². The van der Waals surface area contributed by atoms with Gasteiger partial charge in [-0.05, 0) is 63.5 Å². The van der Waals surface area contributed by atoms with Gasteiger partial charge in [0.2, 0.25) is 0 Å². The van der Waals surface area contributed by atoms with Crippen LogP contribution in [0.4, 0.5) is 0 Å². The van der Waals surface area contributed by atoms with E-state index in [1.54, 1.807) is 0 Å². The highest BCUT2D eigenvalue weighted by molar-refractivity contribution is 5.65. The molecular weight excluding hydrogens is 272 g/mol. The Balaban J connectivity index is 2.78. The largest absolute Gasteiger partial charge is 0.389 e.